The first-order valence-corrected chi connectivity index (χ1v) is 6.17. The molecule has 0 unspecified atom stereocenters. The fourth-order valence-corrected chi connectivity index (χ4v) is 1.97. The molecule has 1 aromatic heterocycles. The van der Waals surface area contributed by atoms with E-state index in [9.17, 15) is 4.79 Å². The highest BCUT2D eigenvalue weighted by Gasteiger charge is 2.29. The van der Waals surface area contributed by atoms with Gasteiger partial charge in [-0.15, -0.1) is 0 Å². The van der Waals surface area contributed by atoms with Crippen molar-refractivity contribution >= 4 is 11.7 Å². The molecule has 1 saturated heterocycles. The van der Waals surface area contributed by atoms with Crippen molar-refractivity contribution < 1.29 is 9.53 Å². The van der Waals surface area contributed by atoms with Crippen LogP contribution in [0, 0.1) is 0 Å². The summed E-state index contributed by atoms with van der Waals surface area (Å²) in [6.45, 7) is 3.46. The van der Waals surface area contributed by atoms with Gasteiger partial charge in [0.05, 0.1) is 5.56 Å². The van der Waals surface area contributed by atoms with Gasteiger partial charge in [-0.2, -0.15) is 0 Å². The van der Waals surface area contributed by atoms with Crippen molar-refractivity contribution in [1.29, 1.82) is 0 Å². The van der Waals surface area contributed by atoms with Crippen molar-refractivity contribution in [2.45, 2.75) is 25.3 Å². The van der Waals surface area contributed by atoms with Gasteiger partial charge in [-0.05, 0) is 31.9 Å². The van der Waals surface area contributed by atoms with Crippen LogP contribution in [-0.4, -0.2) is 36.7 Å². The number of aromatic nitrogens is 1. The van der Waals surface area contributed by atoms with Crippen LogP contribution in [0.1, 0.15) is 30.1 Å². The Morgan fingerprint density at radius 3 is 2.67 bits per heavy atom. The number of carbonyl (C=O) groups excluding carboxylic acids is 1. The van der Waals surface area contributed by atoms with Crippen molar-refractivity contribution in [3.8, 4) is 0 Å². The van der Waals surface area contributed by atoms with E-state index in [1.54, 1.807) is 25.4 Å². The molecule has 0 radical (unpaired) electrons. The molecule has 5 nitrogen and oxygen atoms in total. The topological polar surface area (TPSA) is 63.2 Å². The number of ether oxygens (including phenoxy) is 1. The van der Waals surface area contributed by atoms with Gasteiger partial charge < -0.3 is 15.4 Å². The molecule has 18 heavy (non-hydrogen) atoms. The largest absolute Gasteiger partial charge is 0.381 e. The standard InChI is InChI=1S/C13H19N3O2/c1-13(5-7-18-8-6-13)16-12(17)10-3-4-11(14-2)15-9-10/h3-4,9H,5-8H2,1-2H3,(H,14,15)(H,16,17). The van der Waals surface area contributed by atoms with Crippen molar-refractivity contribution in [3.05, 3.63) is 23.9 Å². The molecule has 1 amide bonds. The summed E-state index contributed by atoms with van der Waals surface area (Å²) in [5.41, 5.74) is 0.415. The summed E-state index contributed by atoms with van der Waals surface area (Å²) >= 11 is 0. The van der Waals surface area contributed by atoms with E-state index in [2.05, 4.69) is 22.5 Å². The number of amides is 1. The predicted molar refractivity (Wildman–Crippen MR) is 69.7 cm³/mol. The van der Waals surface area contributed by atoms with Gasteiger partial charge in [-0.3, -0.25) is 4.79 Å². The highest BCUT2D eigenvalue weighted by Crippen LogP contribution is 2.20. The van der Waals surface area contributed by atoms with Crippen LogP contribution in [0.3, 0.4) is 0 Å². The molecular weight excluding hydrogens is 230 g/mol. The average molecular weight is 249 g/mol. The van der Waals surface area contributed by atoms with Crippen LogP contribution in [0.25, 0.3) is 0 Å². The second-order valence-corrected chi connectivity index (χ2v) is 4.81. The van der Waals surface area contributed by atoms with Gasteiger partial charge in [-0.25, -0.2) is 4.98 Å². The van der Waals surface area contributed by atoms with Crippen LogP contribution in [0.2, 0.25) is 0 Å². The van der Waals surface area contributed by atoms with Gasteiger partial charge in [0.25, 0.3) is 5.91 Å². The quantitative estimate of drug-likeness (QED) is 0.850. The molecule has 0 aromatic carbocycles. The number of nitrogens with zero attached hydrogens (tertiary/aromatic N) is 1. The maximum atomic E-state index is 12.1. The van der Waals surface area contributed by atoms with E-state index in [0.717, 1.165) is 18.7 Å². The van der Waals surface area contributed by atoms with Crippen molar-refractivity contribution in [2.75, 3.05) is 25.6 Å². The Morgan fingerprint density at radius 2 is 2.11 bits per heavy atom. The first-order valence-electron chi connectivity index (χ1n) is 6.17. The number of anilines is 1. The number of carbonyl (C=O) groups is 1. The number of nitrogens with one attached hydrogen (secondary N) is 2. The maximum Gasteiger partial charge on any atom is 0.253 e. The van der Waals surface area contributed by atoms with Crippen LogP contribution in [0.4, 0.5) is 5.82 Å². The SMILES string of the molecule is CNc1ccc(C(=O)NC2(C)CCOCC2)cn1. The first-order chi connectivity index (χ1) is 8.63. The number of pyridine rings is 1. The van der Waals surface area contributed by atoms with E-state index in [0.29, 0.717) is 18.8 Å². The van der Waals surface area contributed by atoms with Crippen LogP contribution < -0.4 is 10.6 Å². The molecule has 2 heterocycles. The Balaban J connectivity index is 2.02. The molecular formula is C13H19N3O2. The summed E-state index contributed by atoms with van der Waals surface area (Å²) in [6, 6.07) is 3.57. The van der Waals surface area contributed by atoms with Crippen molar-refractivity contribution in [3.63, 3.8) is 0 Å². The van der Waals surface area contributed by atoms with Gasteiger partial charge in [0.15, 0.2) is 0 Å². The third-order valence-corrected chi connectivity index (χ3v) is 3.29. The lowest BCUT2D eigenvalue weighted by Gasteiger charge is -2.34. The normalized spacial score (nSPS) is 18.1. The molecule has 2 N–H and O–H groups in total. The number of hydrogen-bond donors (Lipinski definition) is 2. The zero-order chi connectivity index (χ0) is 13.0. The Morgan fingerprint density at radius 1 is 1.39 bits per heavy atom. The van der Waals surface area contributed by atoms with Crippen LogP contribution in [-0.2, 0) is 4.74 Å². The molecule has 1 aliphatic heterocycles. The minimum absolute atomic E-state index is 0.0745. The molecule has 0 atom stereocenters. The Bertz CT molecular complexity index is 411. The maximum absolute atomic E-state index is 12.1. The highest BCUT2D eigenvalue weighted by atomic mass is 16.5. The van der Waals surface area contributed by atoms with E-state index < -0.39 is 0 Å². The van der Waals surface area contributed by atoms with E-state index in [4.69, 9.17) is 4.74 Å². The second-order valence-electron chi connectivity index (χ2n) is 4.81. The molecule has 0 spiro atoms. The first kappa shape index (κ1) is 12.8. The minimum Gasteiger partial charge on any atom is -0.381 e. The third-order valence-electron chi connectivity index (χ3n) is 3.29. The molecule has 0 bridgehead atoms. The minimum atomic E-state index is -0.170. The van der Waals surface area contributed by atoms with Gasteiger partial charge in [0.1, 0.15) is 5.82 Å². The van der Waals surface area contributed by atoms with Crippen molar-refractivity contribution in [1.82, 2.24) is 10.3 Å². The van der Waals surface area contributed by atoms with Crippen LogP contribution in [0.5, 0.6) is 0 Å². The second kappa shape index (κ2) is 5.35. The van der Waals surface area contributed by atoms with E-state index in [-0.39, 0.29) is 11.4 Å². The van der Waals surface area contributed by atoms with E-state index in [1.165, 1.54) is 0 Å². The summed E-state index contributed by atoms with van der Waals surface area (Å²) in [7, 11) is 1.80. The lowest BCUT2D eigenvalue weighted by molar-refractivity contribution is 0.0423. The summed E-state index contributed by atoms with van der Waals surface area (Å²) in [6.07, 6.45) is 3.28. The number of rotatable bonds is 3. The predicted octanol–water partition coefficient (Wildman–Crippen LogP) is 1.42. The summed E-state index contributed by atoms with van der Waals surface area (Å²) in [5.74, 6) is 0.679. The Kier molecular flexibility index (Phi) is 3.81. The monoisotopic (exact) mass is 249 g/mol. The molecule has 2 rings (SSSR count). The molecule has 1 aliphatic rings. The Labute approximate surface area is 107 Å². The fourth-order valence-electron chi connectivity index (χ4n) is 1.97. The molecule has 98 valence electrons. The van der Waals surface area contributed by atoms with Crippen LogP contribution in [0.15, 0.2) is 18.3 Å². The summed E-state index contributed by atoms with van der Waals surface area (Å²) in [4.78, 5) is 16.2. The fraction of sp³-hybridized carbons (Fsp3) is 0.538. The van der Waals surface area contributed by atoms with Crippen LogP contribution >= 0.6 is 0 Å². The van der Waals surface area contributed by atoms with E-state index in [1.807, 2.05) is 0 Å². The summed E-state index contributed by atoms with van der Waals surface area (Å²) in [5, 5.41) is 5.99. The van der Waals surface area contributed by atoms with Gasteiger partial charge in [0.2, 0.25) is 0 Å². The van der Waals surface area contributed by atoms with Gasteiger partial charge in [-0.1, -0.05) is 0 Å². The average Bonchev–Trinajstić information content (AvgIpc) is 2.39. The van der Waals surface area contributed by atoms with E-state index >= 15 is 0 Å². The van der Waals surface area contributed by atoms with Gasteiger partial charge >= 0.3 is 0 Å². The third kappa shape index (κ3) is 2.98. The Hall–Kier alpha value is -1.62. The smallest absolute Gasteiger partial charge is 0.253 e. The zero-order valence-corrected chi connectivity index (χ0v) is 10.8. The molecule has 1 aromatic rings. The highest BCUT2D eigenvalue weighted by molar-refractivity contribution is 5.94. The summed E-state index contributed by atoms with van der Waals surface area (Å²) < 4.78 is 5.31. The number of hydrogen-bond acceptors (Lipinski definition) is 4. The van der Waals surface area contributed by atoms with Gasteiger partial charge in [0, 0.05) is 32.0 Å². The molecule has 0 saturated carbocycles. The lowest BCUT2D eigenvalue weighted by Crippen LogP contribution is -2.49. The molecule has 5 heteroatoms. The van der Waals surface area contributed by atoms with Crippen molar-refractivity contribution in [2.24, 2.45) is 0 Å². The molecule has 0 aliphatic carbocycles. The molecule has 1 fully saturated rings. The lowest BCUT2D eigenvalue weighted by atomic mass is 9.92. The zero-order valence-electron chi connectivity index (χ0n) is 10.8.